The largest absolute Gasteiger partial charge is 0.478 e. The molecule has 2 aromatic rings. The highest BCUT2D eigenvalue weighted by Crippen LogP contribution is 2.29. The normalized spacial score (nSPS) is 10.9. The van der Waals surface area contributed by atoms with Crippen LogP contribution >= 0.6 is 11.6 Å². The summed E-state index contributed by atoms with van der Waals surface area (Å²) in [6, 6.07) is 3.64. The lowest BCUT2D eigenvalue weighted by atomic mass is 10.1. The van der Waals surface area contributed by atoms with E-state index in [-0.39, 0.29) is 0 Å². The molecule has 4 heteroatoms. The number of carbonyl (C=O) groups is 1. The van der Waals surface area contributed by atoms with Crippen LogP contribution in [0.2, 0.25) is 5.02 Å². The van der Waals surface area contributed by atoms with Crippen molar-refractivity contribution < 1.29 is 9.90 Å². The lowest BCUT2D eigenvalue weighted by Gasteiger charge is -1.98. The van der Waals surface area contributed by atoms with Crippen molar-refractivity contribution >= 4 is 28.5 Å². The monoisotopic (exact) mass is 223 g/mol. The number of hydrogen-bond acceptors (Lipinski definition) is 1. The highest BCUT2D eigenvalue weighted by atomic mass is 35.5. The molecule has 0 amide bonds. The molecule has 0 saturated carbocycles. The van der Waals surface area contributed by atoms with Gasteiger partial charge in [-0.3, -0.25) is 0 Å². The minimum atomic E-state index is -0.930. The Morgan fingerprint density at radius 3 is 2.67 bits per heavy atom. The van der Waals surface area contributed by atoms with E-state index in [0.29, 0.717) is 27.2 Å². The zero-order chi connectivity index (χ0) is 11.2. The van der Waals surface area contributed by atoms with Crippen molar-refractivity contribution in [1.82, 2.24) is 4.98 Å². The number of carboxylic acids is 1. The quantitative estimate of drug-likeness (QED) is 0.780. The lowest BCUT2D eigenvalue weighted by molar-refractivity contribution is 0.0698. The van der Waals surface area contributed by atoms with Crippen molar-refractivity contribution in [2.75, 3.05) is 0 Å². The van der Waals surface area contributed by atoms with Gasteiger partial charge in [0.1, 0.15) is 0 Å². The molecule has 1 heterocycles. The fourth-order valence-electron chi connectivity index (χ4n) is 1.79. The van der Waals surface area contributed by atoms with Crippen molar-refractivity contribution in [2.45, 2.75) is 13.8 Å². The van der Waals surface area contributed by atoms with E-state index in [1.165, 1.54) is 0 Å². The number of aromatic carboxylic acids is 1. The van der Waals surface area contributed by atoms with Gasteiger partial charge in [0.15, 0.2) is 0 Å². The standard InChI is InChI=1S/C11H10ClNO2/c1-5-3-7-9(11(14)15)6(2)13-10(7)8(12)4-5/h3-4,13H,1-2H3,(H,14,15). The molecule has 2 rings (SSSR count). The molecule has 0 radical (unpaired) electrons. The average Bonchev–Trinajstić information content (AvgIpc) is 2.41. The summed E-state index contributed by atoms with van der Waals surface area (Å²) in [4.78, 5) is 14.0. The van der Waals surface area contributed by atoms with Crippen LogP contribution in [-0.2, 0) is 0 Å². The first-order valence-corrected chi connectivity index (χ1v) is 4.90. The van der Waals surface area contributed by atoms with Crippen LogP contribution in [0.1, 0.15) is 21.6 Å². The van der Waals surface area contributed by atoms with E-state index in [9.17, 15) is 4.79 Å². The van der Waals surface area contributed by atoms with Crippen molar-refractivity contribution in [2.24, 2.45) is 0 Å². The van der Waals surface area contributed by atoms with Crippen molar-refractivity contribution in [1.29, 1.82) is 0 Å². The Kier molecular flexibility index (Phi) is 2.20. The Hall–Kier alpha value is -1.48. The summed E-state index contributed by atoms with van der Waals surface area (Å²) >= 11 is 6.03. The Balaban J connectivity index is 2.93. The van der Waals surface area contributed by atoms with Gasteiger partial charge in [-0.15, -0.1) is 0 Å². The van der Waals surface area contributed by atoms with Gasteiger partial charge in [0, 0.05) is 11.1 Å². The fraction of sp³-hybridized carbons (Fsp3) is 0.182. The Labute approximate surface area is 91.7 Å². The molecule has 0 spiro atoms. The number of aryl methyl sites for hydroxylation is 2. The van der Waals surface area contributed by atoms with E-state index in [0.717, 1.165) is 5.56 Å². The van der Waals surface area contributed by atoms with Gasteiger partial charge in [0.25, 0.3) is 0 Å². The van der Waals surface area contributed by atoms with Crippen LogP contribution in [-0.4, -0.2) is 16.1 Å². The Morgan fingerprint density at radius 1 is 1.40 bits per heavy atom. The molecule has 0 saturated heterocycles. The number of H-pyrrole nitrogens is 1. The van der Waals surface area contributed by atoms with Crippen LogP contribution in [0.3, 0.4) is 0 Å². The van der Waals surface area contributed by atoms with Crippen LogP contribution < -0.4 is 0 Å². The maximum absolute atomic E-state index is 11.1. The number of aromatic amines is 1. The number of carboxylic acid groups (broad SMARTS) is 1. The number of aromatic nitrogens is 1. The number of nitrogens with one attached hydrogen (secondary N) is 1. The average molecular weight is 224 g/mol. The third-order valence-electron chi connectivity index (χ3n) is 2.41. The number of rotatable bonds is 1. The first kappa shape index (κ1) is 10.1. The van der Waals surface area contributed by atoms with Gasteiger partial charge in [-0.05, 0) is 31.5 Å². The second kappa shape index (κ2) is 3.28. The van der Waals surface area contributed by atoms with Crippen LogP contribution in [0.15, 0.2) is 12.1 Å². The Bertz CT molecular complexity index is 557. The topological polar surface area (TPSA) is 53.1 Å². The summed E-state index contributed by atoms with van der Waals surface area (Å²) in [6.45, 7) is 3.62. The number of hydrogen-bond donors (Lipinski definition) is 2. The zero-order valence-electron chi connectivity index (χ0n) is 8.39. The van der Waals surface area contributed by atoms with Crippen molar-refractivity contribution in [3.05, 3.63) is 34.0 Å². The van der Waals surface area contributed by atoms with E-state index >= 15 is 0 Å². The predicted octanol–water partition coefficient (Wildman–Crippen LogP) is 3.14. The van der Waals surface area contributed by atoms with Gasteiger partial charge in [0.2, 0.25) is 0 Å². The molecule has 0 unspecified atom stereocenters. The fourth-order valence-corrected chi connectivity index (χ4v) is 2.12. The molecule has 2 N–H and O–H groups in total. The number of halogens is 1. The second-order valence-electron chi connectivity index (χ2n) is 3.60. The van der Waals surface area contributed by atoms with E-state index in [4.69, 9.17) is 16.7 Å². The minimum Gasteiger partial charge on any atom is -0.478 e. The summed E-state index contributed by atoms with van der Waals surface area (Å²) in [5.41, 5.74) is 2.58. The second-order valence-corrected chi connectivity index (χ2v) is 4.01. The third kappa shape index (κ3) is 1.49. The van der Waals surface area contributed by atoms with Crippen LogP contribution in [0.5, 0.6) is 0 Å². The highest BCUT2D eigenvalue weighted by Gasteiger charge is 2.16. The molecule has 0 bridgehead atoms. The van der Waals surface area contributed by atoms with Crippen molar-refractivity contribution in [3.8, 4) is 0 Å². The van der Waals surface area contributed by atoms with Gasteiger partial charge >= 0.3 is 5.97 Å². The summed E-state index contributed by atoms with van der Waals surface area (Å²) in [5, 5.41) is 10.3. The SMILES string of the molecule is Cc1cc(Cl)c2[nH]c(C)c(C(=O)O)c2c1. The minimum absolute atomic E-state index is 0.301. The van der Waals surface area contributed by atoms with Crippen LogP contribution in [0.4, 0.5) is 0 Å². The van der Waals surface area contributed by atoms with Gasteiger partial charge in [0.05, 0.1) is 16.1 Å². The van der Waals surface area contributed by atoms with E-state index < -0.39 is 5.97 Å². The molecule has 1 aromatic heterocycles. The van der Waals surface area contributed by atoms with Crippen LogP contribution in [0.25, 0.3) is 10.9 Å². The van der Waals surface area contributed by atoms with E-state index in [1.807, 2.05) is 19.1 Å². The molecule has 15 heavy (non-hydrogen) atoms. The molecule has 0 aliphatic heterocycles. The smallest absolute Gasteiger partial charge is 0.338 e. The van der Waals surface area contributed by atoms with Gasteiger partial charge < -0.3 is 10.1 Å². The highest BCUT2D eigenvalue weighted by molar-refractivity contribution is 6.35. The maximum atomic E-state index is 11.1. The first-order chi connectivity index (χ1) is 7.00. The summed E-state index contributed by atoms with van der Waals surface area (Å²) in [7, 11) is 0. The summed E-state index contributed by atoms with van der Waals surface area (Å²) < 4.78 is 0. The van der Waals surface area contributed by atoms with E-state index in [2.05, 4.69) is 4.98 Å². The third-order valence-corrected chi connectivity index (χ3v) is 2.70. The Morgan fingerprint density at radius 2 is 2.07 bits per heavy atom. The number of fused-ring (bicyclic) bond motifs is 1. The molecular formula is C11H10ClNO2. The van der Waals surface area contributed by atoms with Gasteiger partial charge in [-0.2, -0.15) is 0 Å². The summed E-state index contributed by atoms with van der Waals surface area (Å²) in [5.74, 6) is -0.930. The molecule has 1 aromatic carbocycles. The summed E-state index contributed by atoms with van der Waals surface area (Å²) in [6.07, 6.45) is 0. The molecule has 0 fully saturated rings. The van der Waals surface area contributed by atoms with Gasteiger partial charge in [-0.25, -0.2) is 4.79 Å². The number of benzene rings is 1. The molecule has 3 nitrogen and oxygen atoms in total. The van der Waals surface area contributed by atoms with Crippen LogP contribution in [0, 0.1) is 13.8 Å². The maximum Gasteiger partial charge on any atom is 0.338 e. The first-order valence-electron chi connectivity index (χ1n) is 4.52. The molecule has 78 valence electrons. The van der Waals surface area contributed by atoms with E-state index in [1.54, 1.807) is 6.92 Å². The van der Waals surface area contributed by atoms with Gasteiger partial charge in [-0.1, -0.05) is 11.6 Å². The molecule has 0 atom stereocenters. The predicted molar refractivity (Wildman–Crippen MR) is 59.7 cm³/mol. The molecular weight excluding hydrogens is 214 g/mol. The molecule has 0 aliphatic carbocycles. The molecule has 0 aliphatic rings. The lowest BCUT2D eigenvalue weighted by Crippen LogP contribution is -1.97. The van der Waals surface area contributed by atoms with Crippen molar-refractivity contribution in [3.63, 3.8) is 0 Å². The zero-order valence-corrected chi connectivity index (χ0v) is 9.14.